The van der Waals surface area contributed by atoms with E-state index in [2.05, 4.69) is 4.98 Å². The standard InChI is InChI=1S/C16H20N5O10P/c1-28-32(27,31-9-4-2-8(3-5-9)21(25)26)29-6-10-12(22)13(23)16(30-10)20-7-19-11(14(20)17)15(18)24/h2-5,7,10,12-13,16,22-23H,6,17H2,1H3,(H2,18,24)/t10-,12-,13-,16-,32?/m1/s1. The molecule has 0 saturated carbocycles. The average Bonchev–Trinajstić information content (AvgIpc) is 3.27. The smallest absolute Gasteiger partial charge is 0.404 e. The summed E-state index contributed by atoms with van der Waals surface area (Å²) in [5.41, 5.74) is 10.5. The lowest BCUT2D eigenvalue weighted by atomic mass is 10.1. The number of imidazole rings is 1. The molecule has 174 valence electrons. The van der Waals surface area contributed by atoms with E-state index in [1.165, 1.54) is 12.1 Å². The topological polar surface area (TPSA) is 225 Å². The second kappa shape index (κ2) is 9.20. The molecule has 16 heteroatoms. The zero-order valence-corrected chi connectivity index (χ0v) is 17.4. The number of aromatic nitrogens is 2. The normalized spacial score (nSPS) is 24.7. The van der Waals surface area contributed by atoms with E-state index < -0.39 is 49.8 Å². The van der Waals surface area contributed by atoms with Crippen LogP contribution in [0.3, 0.4) is 0 Å². The zero-order valence-electron chi connectivity index (χ0n) is 16.5. The first-order valence-electron chi connectivity index (χ1n) is 8.94. The Labute approximate surface area is 180 Å². The third kappa shape index (κ3) is 4.72. The Hall–Kier alpha value is -3.07. The van der Waals surface area contributed by atoms with Gasteiger partial charge >= 0.3 is 7.82 Å². The largest absolute Gasteiger partial charge is 0.529 e. The summed E-state index contributed by atoms with van der Waals surface area (Å²) in [5, 5.41) is 31.3. The molecular formula is C16H20N5O10P. The van der Waals surface area contributed by atoms with Gasteiger partial charge in [-0.3, -0.25) is 28.5 Å². The van der Waals surface area contributed by atoms with Crippen molar-refractivity contribution in [3.63, 3.8) is 0 Å². The quantitative estimate of drug-likeness (QED) is 0.213. The lowest BCUT2D eigenvalue weighted by Gasteiger charge is -2.20. The predicted molar refractivity (Wildman–Crippen MR) is 105 cm³/mol. The molecule has 2 heterocycles. The van der Waals surface area contributed by atoms with Crippen molar-refractivity contribution in [3.8, 4) is 5.75 Å². The molecule has 6 N–H and O–H groups in total. The van der Waals surface area contributed by atoms with Crippen LogP contribution >= 0.6 is 7.82 Å². The van der Waals surface area contributed by atoms with Crippen LogP contribution < -0.4 is 16.0 Å². The van der Waals surface area contributed by atoms with Crippen LogP contribution in [-0.4, -0.2) is 62.6 Å². The van der Waals surface area contributed by atoms with Gasteiger partial charge in [0.1, 0.15) is 29.9 Å². The molecule has 0 bridgehead atoms. The second-order valence-electron chi connectivity index (χ2n) is 6.56. The zero-order chi connectivity index (χ0) is 23.6. The van der Waals surface area contributed by atoms with Gasteiger partial charge in [-0.1, -0.05) is 0 Å². The van der Waals surface area contributed by atoms with Crippen LogP contribution in [0, 0.1) is 10.1 Å². The fraction of sp³-hybridized carbons (Fsp3) is 0.375. The Balaban J connectivity index is 1.67. The first-order valence-corrected chi connectivity index (χ1v) is 10.4. The molecule has 0 spiro atoms. The van der Waals surface area contributed by atoms with Gasteiger partial charge in [0.2, 0.25) is 0 Å². The van der Waals surface area contributed by atoms with Crippen molar-refractivity contribution in [2.24, 2.45) is 5.73 Å². The minimum Gasteiger partial charge on any atom is -0.404 e. The van der Waals surface area contributed by atoms with Crippen LogP contribution in [0.1, 0.15) is 16.7 Å². The highest BCUT2D eigenvalue weighted by Gasteiger charge is 2.46. The van der Waals surface area contributed by atoms with Gasteiger partial charge < -0.3 is 30.9 Å². The number of carbonyl (C=O) groups is 1. The Morgan fingerprint density at radius 2 is 2.00 bits per heavy atom. The maximum Gasteiger partial charge on any atom is 0.529 e. The van der Waals surface area contributed by atoms with Crippen molar-refractivity contribution >= 4 is 25.2 Å². The first kappa shape index (κ1) is 23.6. The number of aliphatic hydroxyl groups excluding tert-OH is 2. The van der Waals surface area contributed by atoms with E-state index in [1.54, 1.807) is 0 Å². The molecule has 3 rings (SSSR count). The molecule has 15 nitrogen and oxygen atoms in total. The second-order valence-corrected chi connectivity index (χ2v) is 8.26. The number of phosphoric ester groups is 1. The SMILES string of the molecule is COP(=O)(OC[C@H]1O[C@@H](n2cnc(C(N)=O)c2N)[C@H](O)[C@@H]1O)Oc1ccc([N+](=O)[O-])cc1. The molecule has 0 aliphatic carbocycles. The number of benzene rings is 1. The summed E-state index contributed by atoms with van der Waals surface area (Å²) in [6.07, 6.45) is -4.33. The number of nitrogens with two attached hydrogens (primary N) is 2. The number of carbonyl (C=O) groups excluding carboxylic acids is 1. The monoisotopic (exact) mass is 473 g/mol. The summed E-state index contributed by atoms with van der Waals surface area (Å²) < 4.78 is 34.5. The van der Waals surface area contributed by atoms with Crippen molar-refractivity contribution in [1.29, 1.82) is 0 Å². The van der Waals surface area contributed by atoms with Crippen LogP contribution in [0.25, 0.3) is 0 Å². The van der Waals surface area contributed by atoms with Crippen LogP contribution in [0.2, 0.25) is 0 Å². The van der Waals surface area contributed by atoms with Crippen LogP contribution in [0.4, 0.5) is 11.5 Å². The summed E-state index contributed by atoms with van der Waals surface area (Å²) in [7, 11) is -3.17. The number of rotatable bonds is 9. The van der Waals surface area contributed by atoms with Gasteiger partial charge in [0.05, 0.1) is 17.9 Å². The molecule has 2 aromatic rings. The lowest BCUT2D eigenvalue weighted by molar-refractivity contribution is -0.384. The number of anilines is 1. The van der Waals surface area contributed by atoms with E-state index in [1.807, 2.05) is 0 Å². The molecule has 1 aromatic heterocycles. The van der Waals surface area contributed by atoms with E-state index in [9.17, 15) is 29.7 Å². The number of nitro benzene ring substituents is 1. The highest BCUT2D eigenvalue weighted by Crippen LogP contribution is 2.49. The highest BCUT2D eigenvalue weighted by atomic mass is 31.2. The molecule has 1 unspecified atom stereocenters. The molecule has 1 aromatic carbocycles. The van der Waals surface area contributed by atoms with Crippen LogP contribution in [0.15, 0.2) is 30.6 Å². The third-order valence-corrected chi connectivity index (χ3v) is 5.91. The van der Waals surface area contributed by atoms with Gasteiger partial charge in [-0.05, 0) is 12.1 Å². The van der Waals surface area contributed by atoms with Crippen molar-refractivity contribution in [2.45, 2.75) is 24.5 Å². The number of primary amides is 1. The van der Waals surface area contributed by atoms with Crippen molar-refractivity contribution < 1.29 is 42.8 Å². The molecule has 0 radical (unpaired) electrons. The van der Waals surface area contributed by atoms with E-state index in [-0.39, 0.29) is 22.9 Å². The number of nitrogens with zero attached hydrogens (tertiary/aromatic N) is 3. The number of ether oxygens (including phenoxy) is 1. The fourth-order valence-electron chi connectivity index (χ4n) is 2.90. The van der Waals surface area contributed by atoms with E-state index >= 15 is 0 Å². The van der Waals surface area contributed by atoms with Crippen molar-refractivity contribution in [3.05, 3.63) is 46.4 Å². The summed E-state index contributed by atoms with van der Waals surface area (Å²) in [5.74, 6) is -1.10. The number of hydrogen-bond donors (Lipinski definition) is 4. The Morgan fingerprint density at radius 3 is 2.53 bits per heavy atom. The maximum absolute atomic E-state index is 12.7. The van der Waals surface area contributed by atoms with E-state index in [0.29, 0.717) is 0 Å². The minimum atomic E-state index is -4.22. The molecular weight excluding hydrogens is 453 g/mol. The first-order chi connectivity index (χ1) is 15.1. The van der Waals surface area contributed by atoms with E-state index in [0.717, 1.165) is 30.1 Å². The van der Waals surface area contributed by atoms with Gasteiger partial charge in [-0.25, -0.2) is 9.55 Å². The van der Waals surface area contributed by atoms with Gasteiger partial charge in [0.15, 0.2) is 11.9 Å². The average molecular weight is 473 g/mol. The van der Waals surface area contributed by atoms with Crippen molar-refractivity contribution in [1.82, 2.24) is 9.55 Å². The minimum absolute atomic E-state index is 0.0308. The molecule has 1 fully saturated rings. The fourth-order valence-corrected chi connectivity index (χ4v) is 3.84. The molecule has 1 aliphatic heterocycles. The summed E-state index contributed by atoms with van der Waals surface area (Å²) in [6.45, 7) is -0.538. The molecule has 32 heavy (non-hydrogen) atoms. The Kier molecular flexibility index (Phi) is 6.78. The summed E-state index contributed by atoms with van der Waals surface area (Å²) in [6, 6.07) is 4.67. The molecule has 1 amide bonds. The number of aliphatic hydroxyl groups is 2. The van der Waals surface area contributed by atoms with Gasteiger partial charge in [0, 0.05) is 19.2 Å². The number of phosphoric acid groups is 1. The van der Waals surface area contributed by atoms with Crippen LogP contribution in [0.5, 0.6) is 5.75 Å². The number of hydrogen-bond acceptors (Lipinski definition) is 12. The lowest BCUT2D eigenvalue weighted by Crippen LogP contribution is -2.34. The number of nitro groups is 1. The van der Waals surface area contributed by atoms with Gasteiger partial charge in [0.25, 0.3) is 11.6 Å². The predicted octanol–water partition coefficient (Wildman–Crippen LogP) is -0.0583. The van der Waals surface area contributed by atoms with Crippen molar-refractivity contribution in [2.75, 3.05) is 19.5 Å². The number of non-ortho nitro benzene ring substituents is 1. The Bertz CT molecular complexity index is 1040. The molecule has 5 atom stereocenters. The number of nitrogen functional groups attached to an aromatic ring is 1. The summed E-state index contributed by atoms with van der Waals surface area (Å²) in [4.78, 5) is 25.1. The highest BCUT2D eigenvalue weighted by molar-refractivity contribution is 7.48. The van der Waals surface area contributed by atoms with Gasteiger partial charge in [-0.15, -0.1) is 0 Å². The summed E-state index contributed by atoms with van der Waals surface area (Å²) >= 11 is 0. The maximum atomic E-state index is 12.7. The number of amides is 1. The van der Waals surface area contributed by atoms with E-state index in [4.69, 9.17) is 29.8 Å². The molecule has 1 aliphatic rings. The third-order valence-electron chi connectivity index (χ3n) is 4.56. The Morgan fingerprint density at radius 1 is 1.34 bits per heavy atom. The van der Waals surface area contributed by atoms with Gasteiger partial charge in [-0.2, -0.15) is 0 Å². The molecule has 1 saturated heterocycles. The van der Waals surface area contributed by atoms with Crippen LogP contribution in [-0.2, 0) is 18.3 Å².